The van der Waals surface area contributed by atoms with E-state index in [0.717, 1.165) is 0 Å². The maximum absolute atomic E-state index is 11.7. The summed E-state index contributed by atoms with van der Waals surface area (Å²) < 4.78 is 23.3. The van der Waals surface area contributed by atoms with E-state index in [1.165, 1.54) is 31.2 Å². The highest BCUT2D eigenvalue weighted by molar-refractivity contribution is 7.91. The van der Waals surface area contributed by atoms with Gasteiger partial charge in [0.15, 0.2) is 9.84 Å². The molecule has 0 aliphatic rings. The molecular weight excluding hydrogens is 284 g/mol. The van der Waals surface area contributed by atoms with Gasteiger partial charge in [0.25, 0.3) is 0 Å². The Morgan fingerprint density at radius 3 is 2.25 bits per heavy atom. The summed E-state index contributed by atoms with van der Waals surface area (Å²) in [4.78, 5) is 21.8. The van der Waals surface area contributed by atoms with Gasteiger partial charge in [-0.15, -0.1) is 0 Å². The summed E-state index contributed by atoms with van der Waals surface area (Å²) in [6.45, 7) is 1.53. The van der Waals surface area contributed by atoms with Gasteiger partial charge in [-0.3, -0.25) is 4.79 Å². The lowest BCUT2D eigenvalue weighted by molar-refractivity contribution is -0.118. The van der Waals surface area contributed by atoms with Crippen LogP contribution in [0, 0.1) is 0 Å². The normalized spacial score (nSPS) is 12.7. The Hall–Kier alpha value is -2.09. The number of amides is 2. The first-order chi connectivity index (χ1) is 9.26. The summed E-state index contributed by atoms with van der Waals surface area (Å²) in [6.07, 6.45) is -1.49. The van der Waals surface area contributed by atoms with Gasteiger partial charge < -0.3 is 16.2 Å². The van der Waals surface area contributed by atoms with Crippen LogP contribution in [0.4, 0.5) is 4.79 Å². The van der Waals surface area contributed by atoms with E-state index in [1.807, 2.05) is 0 Å². The summed E-state index contributed by atoms with van der Waals surface area (Å²) in [5.74, 6) is -0.682. The zero-order valence-electron chi connectivity index (χ0n) is 10.9. The molecule has 0 spiro atoms. The number of hydrogen-bond donors (Lipinski definition) is 3. The molecule has 2 amide bonds. The second kappa shape index (κ2) is 6.38. The molecule has 1 atom stereocenters. The first-order valence-corrected chi connectivity index (χ1v) is 7.52. The number of hydrogen-bond acceptors (Lipinski definition) is 4. The Kier molecular flexibility index (Phi) is 5.09. The largest absolute Gasteiger partial charge is 0.465 e. The fourth-order valence-corrected chi connectivity index (χ4v) is 2.56. The van der Waals surface area contributed by atoms with Gasteiger partial charge >= 0.3 is 6.09 Å². The number of carbonyl (C=O) groups excluding carboxylic acids is 1. The van der Waals surface area contributed by atoms with Gasteiger partial charge in [-0.05, 0) is 17.7 Å². The van der Waals surface area contributed by atoms with Crippen LogP contribution in [0.1, 0.15) is 24.9 Å². The quantitative estimate of drug-likeness (QED) is 0.711. The summed E-state index contributed by atoms with van der Waals surface area (Å²) in [7, 11) is -3.32. The molecule has 7 nitrogen and oxygen atoms in total. The van der Waals surface area contributed by atoms with E-state index in [2.05, 4.69) is 5.32 Å². The number of benzene rings is 1. The molecule has 1 rings (SSSR count). The van der Waals surface area contributed by atoms with Crippen molar-refractivity contribution in [2.45, 2.75) is 24.3 Å². The number of primary amides is 1. The molecule has 110 valence electrons. The third-order valence-electron chi connectivity index (χ3n) is 2.72. The van der Waals surface area contributed by atoms with Crippen molar-refractivity contribution in [2.24, 2.45) is 5.73 Å². The van der Waals surface area contributed by atoms with Crippen LogP contribution in [-0.2, 0) is 14.6 Å². The minimum absolute atomic E-state index is 0.0234. The van der Waals surface area contributed by atoms with E-state index in [1.54, 1.807) is 0 Å². The zero-order chi connectivity index (χ0) is 15.3. The van der Waals surface area contributed by atoms with E-state index in [0.29, 0.717) is 5.56 Å². The summed E-state index contributed by atoms with van der Waals surface area (Å²) in [6, 6.07) is 4.89. The van der Waals surface area contributed by atoms with Gasteiger partial charge in [0.2, 0.25) is 5.91 Å². The van der Waals surface area contributed by atoms with E-state index in [-0.39, 0.29) is 17.1 Å². The van der Waals surface area contributed by atoms with Crippen molar-refractivity contribution in [1.82, 2.24) is 5.32 Å². The van der Waals surface area contributed by atoms with Crippen molar-refractivity contribution in [1.29, 1.82) is 0 Å². The smallest absolute Gasteiger partial charge is 0.405 e. The highest BCUT2D eigenvalue weighted by Gasteiger charge is 2.18. The number of carboxylic acid groups (broad SMARTS) is 1. The number of carbonyl (C=O) groups is 2. The third-order valence-corrected chi connectivity index (χ3v) is 4.48. The monoisotopic (exact) mass is 300 g/mol. The van der Waals surface area contributed by atoms with Crippen molar-refractivity contribution in [3.8, 4) is 0 Å². The molecule has 0 aliphatic heterocycles. The molecule has 0 fully saturated rings. The molecule has 8 heteroatoms. The van der Waals surface area contributed by atoms with Gasteiger partial charge in [0.1, 0.15) is 0 Å². The first-order valence-electron chi connectivity index (χ1n) is 5.86. The van der Waals surface area contributed by atoms with Crippen molar-refractivity contribution >= 4 is 21.8 Å². The minimum atomic E-state index is -3.32. The van der Waals surface area contributed by atoms with Gasteiger partial charge in [0, 0.05) is 0 Å². The lowest BCUT2D eigenvalue weighted by Gasteiger charge is -2.16. The van der Waals surface area contributed by atoms with Gasteiger partial charge in [-0.2, -0.15) is 0 Å². The molecule has 20 heavy (non-hydrogen) atoms. The van der Waals surface area contributed by atoms with Crippen LogP contribution < -0.4 is 11.1 Å². The minimum Gasteiger partial charge on any atom is -0.465 e. The van der Waals surface area contributed by atoms with Crippen molar-refractivity contribution in [3.05, 3.63) is 29.8 Å². The molecule has 0 aromatic heterocycles. The number of nitrogens with one attached hydrogen (secondary N) is 1. The molecule has 1 aromatic rings. The maximum Gasteiger partial charge on any atom is 0.405 e. The van der Waals surface area contributed by atoms with E-state index >= 15 is 0 Å². The number of nitrogens with two attached hydrogens (primary N) is 1. The Morgan fingerprint density at radius 2 is 1.85 bits per heavy atom. The molecule has 0 bridgehead atoms. The molecule has 0 heterocycles. The lowest BCUT2D eigenvalue weighted by Crippen LogP contribution is -2.30. The van der Waals surface area contributed by atoms with E-state index < -0.39 is 27.9 Å². The summed E-state index contributed by atoms with van der Waals surface area (Å²) in [5, 5.41) is 10.9. The SMILES string of the molecule is CCS(=O)(=O)c1ccc([C@H](CC(N)=O)NC(=O)O)cc1. The van der Waals surface area contributed by atoms with Crippen LogP contribution >= 0.6 is 0 Å². The topological polar surface area (TPSA) is 127 Å². The summed E-state index contributed by atoms with van der Waals surface area (Å²) in [5.41, 5.74) is 5.53. The van der Waals surface area contributed by atoms with E-state index in [4.69, 9.17) is 10.8 Å². The fourth-order valence-electron chi connectivity index (χ4n) is 1.68. The van der Waals surface area contributed by atoms with Gasteiger partial charge in [-0.25, -0.2) is 13.2 Å². The molecule has 0 saturated carbocycles. The lowest BCUT2D eigenvalue weighted by atomic mass is 10.0. The van der Waals surface area contributed by atoms with Gasteiger partial charge in [-0.1, -0.05) is 19.1 Å². The Morgan fingerprint density at radius 1 is 1.30 bits per heavy atom. The van der Waals surface area contributed by atoms with E-state index in [9.17, 15) is 18.0 Å². The molecule has 0 aliphatic carbocycles. The first kappa shape index (κ1) is 16.0. The van der Waals surface area contributed by atoms with Crippen molar-refractivity contribution in [2.75, 3.05) is 5.75 Å². The van der Waals surface area contributed by atoms with Crippen LogP contribution in [0.3, 0.4) is 0 Å². The Labute approximate surface area is 116 Å². The molecule has 0 unspecified atom stereocenters. The van der Waals surface area contributed by atoms with Crippen LogP contribution in [0.15, 0.2) is 29.2 Å². The zero-order valence-corrected chi connectivity index (χ0v) is 11.7. The van der Waals surface area contributed by atoms with Gasteiger partial charge in [0.05, 0.1) is 23.1 Å². The molecule has 4 N–H and O–H groups in total. The summed E-state index contributed by atoms with van der Waals surface area (Å²) >= 11 is 0. The Bertz CT molecular complexity index is 579. The predicted octanol–water partition coefficient (Wildman–Crippen LogP) is 0.664. The maximum atomic E-state index is 11.7. The van der Waals surface area contributed by atoms with Crippen LogP contribution in [0.25, 0.3) is 0 Å². The molecule has 0 saturated heterocycles. The van der Waals surface area contributed by atoms with Crippen LogP contribution in [-0.4, -0.2) is 31.3 Å². The predicted molar refractivity (Wildman–Crippen MR) is 71.9 cm³/mol. The number of rotatable bonds is 6. The molecule has 0 radical (unpaired) electrons. The second-order valence-electron chi connectivity index (χ2n) is 4.14. The number of sulfone groups is 1. The average molecular weight is 300 g/mol. The fraction of sp³-hybridized carbons (Fsp3) is 0.333. The standard InChI is InChI=1S/C12H16N2O5S/c1-2-20(18,19)9-5-3-8(4-6-9)10(7-11(13)15)14-12(16)17/h3-6,10,14H,2,7H2,1H3,(H2,13,15)(H,16,17)/t10-/m0/s1. The second-order valence-corrected chi connectivity index (χ2v) is 6.42. The molecular formula is C12H16N2O5S. The molecule has 1 aromatic carbocycles. The van der Waals surface area contributed by atoms with Crippen molar-refractivity contribution < 1.29 is 23.1 Å². The van der Waals surface area contributed by atoms with Crippen molar-refractivity contribution in [3.63, 3.8) is 0 Å². The highest BCUT2D eigenvalue weighted by Crippen LogP contribution is 2.19. The Balaban J connectivity index is 3.04. The average Bonchev–Trinajstić information content (AvgIpc) is 2.37. The van der Waals surface area contributed by atoms with Crippen LogP contribution in [0.2, 0.25) is 0 Å². The highest BCUT2D eigenvalue weighted by atomic mass is 32.2. The van der Waals surface area contributed by atoms with Crippen LogP contribution in [0.5, 0.6) is 0 Å². The third kappa shape index (κ3) is 4.23.